The van der Waals surface area contributed by atoms with Gasteiger partial charge in [0.2, 0.25) is 5.91 Å². The molecule has 0 radical (unpaired) electrons. The molecule has 0 aliphatic rings. The first kappa shape index (κ1) is 13.2. The normalized spacial score (nSPS) is 11.2. The van der Waals surface area contributed by atoms with Gasteiger partial charge in [0.05, 0.1) is 0 Å². The van der Waals surface area contributed by atoms with Crippen LogP contribution in [0.5, 0.6) is 0 Å². The van der Waals surface area contributed by atoms with Crippen molar-refractivity contribution in [3.05, 3.63) is 12.2 Å². The van der Waals surface area contributed by atoms with E-state index in [2.05, 4.69) is 18.7 Å². The van der Waals surface area contributed by atoms with Crippen LogP contribution in [0.25, 0.3) is 0 Å². The molecule has 0 unspecified atom stereocenters. The molecule has 0 spiro atoms. The lowest BCUT2D eigenvalue weighted by molar-refractivity contribution is -0.124. The minimum absolute atomic E-state index is 0.0830. The summed E-state index contributed by atoms with van der Waals surface area (Å²) in [5, 5.41) is 0. The van der Waals surface area contributed by atoms with Crippen molar-refractivity contribution in [2.45, 2.75) is 20.8 Å². The smallest absolute Gasteiger partial charge is 0.246 e. The number of hydrogen-bond acceptors (Lipinski definition) is 2. The van der Waals surface area contributed by atoms with Gasteiger partial charge in [-0.15, -0.1) is 0 Å². The van der Waals surface area contributed by atoms with Crippen LogP contribution in [-0.2, 0) is 4.79 Å². The molecule has 3 nitrogen and oxygen atoms in total. The Kier molecular flexibility index (Phi) is 7.11. The maximum absolute atomic E-state index is 11.4. The molecule has 0 saturated carbocycles. The number of carbonyl (C=O) groups is 1. The minimum atomic E-state index is 0.0830. The lowest BCUT2D eigenvalue weighted by atomic mass is 10.4. The summed E-state index contributed by atoms with van der Waals surface area (Å²) >= 11 is 0. The van der Waals surface area contributed by atoms with Gasteiger partial charge in [0.25, 0.3) is 0 Å². The molecule has 0 aromatic rings. The molecule has 0 heterocycles. The highest BCUT2D eigenvalue weighted by atomic mass is 16.2. The second-order valence-corrected chi connectivity index (χ2v) is 3.29. The standard InChI is InChI=1S/C11H22N2O/c1-5-8-11(14)12(4)9-10-13(6-2)7-3/h5,8H,6-7,9-10H2,1-4H3/b8-5+. The van der Waals surface area contributed by atoms with E-state index >= 15 is 0 Å². The second-order valence-electron chi connectivity index (χ2n) is 3.29. The van der Waals surface area contributed by atoms with E-state index in [-0.39, 0.29) is 5.91 Å². The van der Waals surface area contributed by atoms with Crippen LogP contribution in [0.2, 0.25) is 0 Å². The predicted molar refractivity (Wildman–Crippen MR) is 60.2 cm³/mol. The summed E-state index contributed by atoms with van der Waals surface area (Å²) in [5.41, 5.74) is 0. The molecule has 0 atom stereocenters. The van der Waals surface area contributed by atoms with Crippen molar-refractivity contribution in [3.63, 3.8) is 0 Å². The maximum Gasteiger partial charge on any atom is 0.246 e. The third-order valence-corrected chi connectivity index (χ3v) is 2.33. The highest BCUT2D eigenvalue weighted by Gasteiger charge is 2.05. The third-order valence-electron chi connectivity index (χ3n) is 2.33. The van der Waals surface area contributed by atoms with Gasteiger partial charge in [-0.1, -0.05) is 19.9 Å². The molecule has 82 valence electrons. The summed E-state index contributed by atoms with van der Waals surface area (Å²) in [6.07, 6.45) is 3.37. The summed E-state index contributed by atoms with van der Waals surface area (Å²) in [6.45, 7) is 9.96. The Bertz CT molecular complexity index is 186. The molecule has 0 saturated heterocycles. The van der Waals surface area contributed by atoms with Crippen molar-refractivity contribution < 1.29 is 4.79 Å². The Morgan fingerprint density at radius 1 is 1.21 bits per heavy atom. The van der Waals surface area contributed by atoms with E-state index < -0.39 is 0 Å². The van der Waals surface area contributed by atoms with E-state index in [4.69, 9.17) is 0 Å². The first-order chi connectivity index (χ1) is 6.65. The summed E-state index contributed by atoms with van der Waals surface area (Å²) in [4.78, 5) is 15.4. The largest absolute Gasteiger partial charge is 0.341 e. The Hall–Kier alpha value is -0.830. The Balaban J connectivity index is 3.82. The van der Waals surface area contributed by atoms with E-state index in [1.165, 1.54) is 0 Å². The van der Waals surface area contributed by atoms with Crippen LogP contribution in [0.3, 0.4) is 0 Å². The molecule has 0 aromatic heterocycles. The fraction of sp³-hybridized carbons (Fsp3) is 0.727. The molecule has 0 aliphatic carbocycles. The van der Waals surface area contributed by atoms with Gasteiger partial charge >= 0.3 is 0 Å². The van der Waals surface area contributed by atoms with Gasteiger partial charge in [-0.3, -0.25) is 4.79 Å². The number of carbonyl (C=O) groups excluding carboxylic acids is 1. The quantitative estimate of drug-likeness (QED) is 0.602. The Morgan fingerprint density at radius 3 is 2.21 bits per heavy atom. The summed E-state index contributed by atoms with van der Waals surface area (Å²) in [7, 11) is 1.84. The van der Waals surface area contributed by atoms with Gasteiger partial charge in [-0.2, -0.15) is 0 Å². The van der Waals surface area contributed by atoms with Crippen LogP contribution >= 0.6 is 0 Å². The van der Waals surface area contributed by atoms with E-state index in [0.29, 0.717) is 0 Å². The zero-order valence-corrected chi connectivity index (χ0v) is 9.79. The van der Waals surface area contributed by atoms with Crippen LogP contribution in [0, 0.1) is 0 Å². The van der Waals surface area contributed by atoms with Crippen molar-refractivity contribution >= 4 is 5.91 Å². The molecule has 1 amide bonds. The Morgan fingerprint density at radius 2 is 1.79 bits per heavy atom. The van der Waals surface area contributed by atoms with Gasteiger partial charge in [-0.25, -0.2) is 0 Å². The minimum Gasteiger partial charge on any atom is -0.341 e. The molecule has 0 aromatic carbocycles. The molecule has 0 rings (SSSR count). The van der Waals surface area contributed by atoms with Crippen LogP contribution in [0.1, 0.15) is 20.8 Å². The topological polar surface area (TPSA) is 23.6 Å². The molecule has 0 fully saturated rings. The zero-order chi connectivity index (χ0) is 11.0. The average Bonchev–Trinajstić information content (AvgIpc) is 2.19. The van der Waals surface area contributed by atoms with Crippen LogP contribution in [0.15, 0.2) is 12.2 Å². The lowest BCUT2D eigenvalue weighted by Crippen LogP contribution is -2.35. The highest BCUT2D eigenvalue weighted by molar-refractivity contribution is 5.87. The molecule has 0 N–H and O–H groups in total. The molecular weight excluding hydrogens is 176 g/mol. The first-order valence-electron chi connectivity index (χ1n) is 5.25. The van der Waals surface area contributed by atoms with Gasteiger partial charge < -0.3 is 9.80 Å². The maximum atomic E-state index is 11.4. The lowest BCUT2D eigenvalue weighted by Gasteiger charge is -2.22. The van der Waals surface area contributed by atoms with Crippen molar-refractivity contribution in [1.29, 1.82) is 0 Å². The highest BCUT2D eigenvalue weighted by Crippen LogP contribution is 1.91. The molecule has 3 heteroatoms. The summed E-state index contributed by atoms with van der Waals surface area (Å²) in [6, 6.07) is 0. The van der Waals surface area contributed by atoms with Crippen molar-refractivity contribution in [1.82, 2.24) is 9.80 Å². The zero-order valence-electron chi connectivity index (χ0n) is 9.79. The number of allylic oxidation sites excluding steroid dienone is 1. The molecule has 0 bridgehead atoms. The molecular formula is C11H22N2O. The van der Waals surface area contributed by atoms with Crippen molar-refractivity contribution in [3.8, 4) is 0 Å². The number of hydrogen-bond donors (Lipinski definition) is 0. The van der Waals surface area contributed by atoms with Crippen molar-refractivity contribution in [2.75, 3.05) is 33.2 Å². The number of rotatable bonds is 6. The van der Waals surface area contributed by atoms with E-state index in [1.807, 2.05) is 14.0 Å². The summed E-state index contributed by atoms with van der Waals surface area (Å²) in [5.74, 6) is 0.0830. The SMILES string of the molecule is C/C=C/C(=O)N(C)CCN(CC)CC. The van der Waals surface area contributed by atoms with Gasteiger partial charge in [0.15, 0.2) is 0 Å². The molecule has 14 heavy (non-hydrogen) atoms. The van der Waals surface area contributed by atoms with Gasteiger partial charge in [-0.05, 0) is 26.1 Å². The van der Waals surface area contributed by atoms with Gasteiger partial charge in [0, 0.05) is 20.1 Å². The second kappa shape index (κ2) is 7.56. The van der Waals surface area contributed by atoms with Crippen LogP contribution in [0.4, 0.5) is 0 Å². The van der Waals surface area contributed by atoms with Crippen molar-refractivity contribution in [2.24, 2.45) is 0 Å². The Labute approximate surface area is 87.4 Å². The monoisotopic (exact) mass is 198 g/mol. The fourth-order valence-electron chi connectivity index (χ4n) is 1.21. The van der Waals surface area contributed by atoms with Crippen LogP contribution in [-0.4, -0.2) is 48.9 Å². The summed E-state index contributed by atoms with van der Waals surface area (Å²) < 4.78 is 0. The number of nitrogens with zero attached hydrogens (tertiary/aromatic N) is 2. The van der Waals surface area contributed by atoms with E-state index in [9.17, 15) is 4.79 Å². The number of amides is 1. The van der Waals surface area contributed by atoms with E-state index in [1.54, 1.807) is 17.1 Å². The fourth-order valence-corrected chi connectivity index (χ4v) is 1.21. The molecule has 0 aliphatic heterocycles. The first-order valence-corrected chi connectivity index (χ1v) is 5.25. The van der Waals surface area contributed by atoms with Gasteiger partial charge in [0.1, 0.15) is 0 Å². The van der Waals surface area contributed by atoms with Crippen LogP contribution < -0.4 is 0 Å². The third kappa shape index (κ3) is 5.02. The number of likely N-dealkylation sites (N-methyl/N-ethyl adjacent to an activating group) is 2. The predicted octanol–water partition coefficient (Wildman–Crippen LogP) is 1.36. The van der Waals surface area contributed by atoms with E-state index in [0.717, 1.165) is 26.2 Å². The average molecular weight is 198 g/mol.